The normalized spacial score (nSPS) is 23.4. The van der Waals surface area contributed by atoms with Crippen molar-refractivity contribution >= 4 is 6.09 Å². The average molecular weight is 292 g/mol. The van der Waals surface area contributed by atoms with Crippen LogP contribution in [0.25, 0.3) is 0 Å². The smallest absolute Gasteiger partial charge is 0.410 e. The number of carbonyl (C=O) groups excluding carboxylic acids is 1. The van der Waals surface area contributed by atoms with E-state index in [1.54, 1.807) is 4.90 Å². The number of benzene rings is 1. The summed E-state index contributed by atoms with van der Waals surface area (Å²) >= 11 is 0. The standard InChI is InChI=1S/C16H24N2O3/c1-17-9-8-14(10-15(19)12-17)18(16(20)21-2)11-13-6-4-3-5-7-13/h3-7,14-15,19H,8-12H2,1-2H3/t14-,15-/m0/s1. The van der Waals surface area contributed by atoms with Crippen LogP contribution in [0, 0.1) is 0 Å². The van der Waals surface area contributed by atoms with Gasteiger partial charge in [0.05, 0.1) is 13.2 Å². The van der Waals surface area contributed by atoms with Crippen LogP contribution in [-0.4, -0.2) is 60.4 Å². The third-order valence-electron chi connectivity index (χ3n) is 3.96. The van der Waals surface area contributed by atoms with Gasteiger partial charge in [-0.25, -0.2) is 4.79 Å². The lowest BCUT2D eigenvalue weighted by atomic mass is 10.1. The van der Waals surface area contributed by atoms with E-state index in [1.807, 2.05) is 37.4 Å². The van der Waals surface area contributed by atoms with E-state index >= 15 is 0 Å². The number of likely N-dealkylation sites (tertiary alicyclic amines) is 1. The number of hydrogen-bond acceptors (Lipinski definition) is 4. The van der Waals surface area contributed by atoms with Gasteiger partial charge < -0.3 is 19.6 Å². The van der Waals surface area contributed by atoms with Gasteiger partial charge in [-0.2, -0.15) is 0 Å². The molecule has 0 radical (unpaired) electrons. The Morgan fingerprint density at radius 3 is 2.81 bits per heavy atom. The topological polar surface area (TPSA) is 53.0 Å². The van der Waals surface area contributed by atoms with E-state index in [9.17, 15) is 9.90 Å². The molecule has 1 N–H and O–H groups in total. The Bertz CT molecular complexity index is 452. The van der Waals surface area contributed by atoms with Crippen molar-refractivity contribution in [1.29, 1.82) is 0 Å². The van der Waals surface area contributed by atoms with E-state index in [4.69, 9.17) is 4.74 Å². The number of aliphatic hydroxyl groups is 1. The Morgan fingerprint density at radius 2 is 2.14 bits per heavy atom. The molecule has 1 aromatic rings. The molecule has 1 fully saturated rings. The summed E-state index contributed by atoms with van der Waals surface area (Å²) in [6.45, 7) is 2.02. The fraction of sp³-hybridized carbons (Fsp3) is 0.562. The second-order valence-corrected chi connectivity index (χ2v) is 5.68. The third kappa shape index (κ3) is 4.44. The van der Waals surface area contributed by atoms with Crippen LogP contribution in [0.3, 0.4) is 0 Å². The summed E-state index contributed by atoms with van der Waals surface area (Å²) in [5, 5.41) is 10.1. The van der Waals surface area contributed by atoms with Gasteiger partial charge in [0.2, 0.25) is 0 Å². The van der Waals surface area contributed by atoms with E-state index in [2.05, 4.69) is 4.90 Å². The number of nitrogens with zero attached hydrogens (tertiary/aromatic N) is 2. The summed E-state index contributed by atoms with van der Waals surface area (Å²) in [5.74, 6) is 0. The van der Waals surface area contributed by atoms with E-state index in [-0.39, 0.29) is 12.1 Å². The first-order valence-corrected chi connectivity index (χ1v) is 7.35. The zero-order chi connectivity index (χ0) is 15.2. The maximum atomic E-state index is 12.1. The van der Waals surface area contributed by atoms with Crippen molar-refractivity contribution in [2.45, 2.75) is 31.5 Å². The molecule has 0 bridgehead atoms. The summed E-state index contributed by atoms with van der Waals surface area (Å²) in [5.41, 5.74) is 1.06. The largest absolute Gasteiger partial charge is 0.453 e. The number of amides is 1. The van der Waals surface area contributed by atoms with Crippen LogP contribution in [0.5, 0.6) is 0 Å². The summed E-state index contributed by atoms with van der Waals surface area (Å²) < 4.78 is 4.93. The monoisotopic (exact) mass is 292 g/mol. The Hall–Kier alpha value is -1.59. The molecule has 1 heterocycles. The van der Waals surface area contributed by atoms with Crippen LogP contribution in [0.1, 0.15) is 18.4 Å². The molecule has 0 aromatic heterocycles. The number of carbonyl (C=O) groups is 1. The zero-order valence-corrected chi connectivity index (χ0v) is 12.7. The van der Waals surface area contributed by atoms with E-state index in [0.717, 1.165) is 18.5 Å². The fourth-order valence-corrected chi connectivity index (χ4v) is 2.85. The lowest BCUT2D eigenvalue weighted by Crippen LogP contribution is -2.41. The van der Waals surface area contributed by atoms with Crippen LogP contribution in [0.4, 0.5) is 4.79 Å². The molecule has 1 aliphatic heterocycles. The van der Waals surface area contributed by atoms with Gasteiger partial charge in [0.1, 0.15) is 0 Å². The summed E-state index contributed by atoms with van der Waals surface area (Å²) in [6.07, 6.45) is 0.688. The molecule has 1 aliphatic rings. The van der Waals surface area contributed by atoms with Gasteiger partial charge in [-0.3, -0.25) is 0 Å². The molecule has 0 saturated carbocycles. The van der Waals surface area contributed by atoms with Crippen LogP contribution in [0.2, 0.25) is 0 Å². The molecule has 1 saturated heterocycles. The molecule has 5 heteroatoms. The number of hydrogen-bond donors (Lipinski definition) is 1. The van der Waals surface area contributed by atoms with Crippen LogP contribution in [0.15, 0.2) is 30.3 Å². The lowest BCUT2D eigenvalue weighted by Gasteiger charge is -2.30. The summed E-state index contributed by atoms with van der Waals surface area (Å²) in [7, 11) is 3.39. The molecule has 21 heavy (non-hydrogen) atoms. The molecular formula is C16H24N2O3. The first-order chi connectivity index (χ1) is 10.1. The van der Waals surface area contributed by atoms with Gasteiger partial charge in [-0.15, -0.1) is 0 Å². The van der Waals surface area contributed by atoms with Crippen molar-refractivity contribution in [3.05, 3.63) is 35.9 Å². The van der Waals surface area contributed by atoms with Crippen molar-refractivity contribution in [1.82, 2.24) is 9.80 Å². The molecular weight excluding hydrogens is 268 g/mol. The molecule has 1 aromatic carbocycles. The number of ether oxygens (including phenoxy) is 1. The van der Waals surface area contributed by atoms with E-state index < -0.39 is 6.10 Å². The highest BCUT2D eigenvalue weighted by Crippen LogP contribution is 2.20. The number of likely N-dealkylation sites (N-methyl/N-ethyl adjacent to an activating group) is 1. The lowest BCUT2D eigenvalue weighted by molar-refractivity contribution is 0.0775. The Labute approximate surface area is 126 Å². The molecule has 2 rings (SSSR count). The highest BCUT2D eigenvalue weighted by molar-refractivity contribution is 5.68. The van der Waals surface area contributed by atoms with Crippen LogP contribution < -0.4 is 0 Å². The second-order valence-electron chi connectivity index (χ2n) is 5.68. The summed E-state index contributed by atoms with van der Waals surface area (Å²) in [4.78, 5) is 16.0. The van der Waals surface area contributed by atoms with Crippen molar-refractivity contribution in [3.8, 4) is 0 Å². The number of methoxy groups -OCH3 is 1. The number of rotatable bonds is 3. The zero-order valence-electron chi connectivity index (χ0n) is 12.7. The number of aliphatic hydroxyl groups excluding tert-OH is 1. The van der Waals surface area contributed by atoms with Gasteiger partial charge in [0.25, 0.3) is 0 Å². The average Bonchev–Trinajstić information content (AvgIpc) is 2.65. The van der Waals surface area contributed by atoms with Crippen molar-refractivity contribution in [3.63, 3.8) is 0 Å². The minimum absolute atomic E-state index is 0.00222. The molecule has 0 spiro atoms. The minimum Gasteiger partial charge on any atom is -0.453 e. The Balaban J connectivity index is 2.13. The van der Waals surface area contributed by atoms with Gasteiger partial charge in [-0.05, 0) is 32.0 Å². The van der Waals surface area contributed by atoms with Gasteiger partial charge in [0, 0.05) is 19.1 Å². The van der Waals surface area contributed by atoms with Gasteiger partial charge >= 0.3 is 6.09 Å². The Kier molecular flexibility index (Phi) is 5.59. The van der Waals surface area contributed by atoms with Gasteiger partial charge in [0.15, 0.2) is 0 Å². The molecule has 0 aliphatic carbocycles. The first-order valence-electron chi connectivity index (χ1n) is 7.35. The Morgan fingerprint density at radius 1 is 1.43 bits per heavy atom. The van der Waals surface area contributed by atoms with Crippen molar-refractivity contribution in [2.24, 2.45) is 0 Å². The molecule has 116 valence electrons. The minimum atomic E-state index is -0.412. The molecule has 1 amide bonds. The van der Waals surface area contributed by atoms with E-state index in [1.165, 1.54) is 7.11 Å². The van der Waals surface area contributed by atoms with Crippen molar-refractivity contribution in [2.75, 3.05) is 27.2 Å². The SMILES string of the molecule is COC(=O)N(Cc1ccccc1)[C@H]1CCN(C)C[C@@H](O)C1. The maximum absolute atomic E-state index is 12.1. The van der Waals surface area contributed by atoms with Crippen molar-refractivity contribution < 1.29 is 14.6 Å². The molecule has 0 unspecified atom stereocenters. The quantitative estimate of drug-likeness (QED) is 0.921. The summed E-state index contributed by atoms with van der Waals surface area (Å²) in [6, 6.07) is 9.86. The number of β-amino-alcohol motifs (C(OH)–C–C–N with tert-alkyl or cyclic N) is 1. The molecule has 5 nitrogen and oxygen atoms in total. The fourth-order valence-electron chi connectivity index (χ4n) is 2.85. The van der Waals surface area contributed by atoms with Crippen LogP contribution >= 0.6 is 0 Å². The van der Waals surface area contributed by atoms with Gasteiger partial charge in [-0.1, -0.05) is 30.3 Å². The van der Waals surface area contributed by atoms with E-state index in [0.29, 0.717) is 19.5 Å². The third-order valence-corrected chi connectivity index (χ3v) is 3.96. The molecule has 2 atom stereocenters. The maximum Gasteiger partial charge on any atom is 0.410 e. The second kappa shape index (κ2) is 7.43. The highest BCUT2D eigenvalue weighted by Gasteiger charge is 2.29. The first kappa shape index (κ1) is 15.8. The highest BCUT2D eigenvalue weighted by atomic mass is 16.5. The van der Waals surface area contributed by atoms with Crippen LogP contribution in [-0.2, 0) is 11.3 Å². The predicted molar refractivity (Wildman–Crippen MR) is 80.9 cm³/mol. The predicted octanol–water partition coefficient (Wildman–Crippen LogP) is 1.71.